The number of halogens is 1. The molecule has 2 amide bonds. The van der Waals surface area contributed by atoms with Crippen LogP contribution in [0.25, 0.3) is 5.57 Å². The molecule has 5 heteroatoms. The molecule has 1 aliphatic rings. The minimum absolute atomic E-state index is 0.167. The summed E-state index contributed by atoms with van der Waals surface area (Å²) in [6.07, 6.45) is 6.71. The molecule has 1 heterocycles. The summed E-state index contributed by atoms with van der Waals surface area (Å²) in [5.41, 5.74) is 2.38. The summed E-state index contributed by atoms with van der Waals surface area (Å²) in [5, 5.41) is 0.610. The first-order valence-corrected chi connectivity index (χ1v) is 12.0. The van der Waals surface area contributed by atoms with Crippen LogP contribution in [0.3, 0.4) is 0 Å². The summed E-state index contributed by atoms with van der Waals surface area (Å²) in [7, 11) is 0. The van der Waals surface area contributed by atoms with E-state index in [4.69, 9.17) is 11.6 Å². The standard InChI is InChI=1S/C25H28ClNO2S/c1-2-3-4-5-6-10-17-27-24(28)22(20-13-15-21(26)16-14-20)23(25(27)29)30-18-19-11-8-7-9-12-19/h7-9,11-16H,2-6,10,17-18H2,1H3. The van der Waals surface area contributed by atoms with Crippen molar-refractivity contribution in [2.45, 2.75) is 51.2 Å². The Bertz CT molecular complexity index is 893. The van der Waals surface area contributed by atoms with Crippen LogP contribution in [0.4, 0.5) is 0 Å². The zero-order chi connectivity index (χ0) is 21.3. The Labute approximate surface area is 188 Å². The summed E-state index contributed by atoms with van der Waals surface area (Å²) < 4.78 is 0. The van der Waals surface area contributed by atoms with Crippen molar-refractivity contribution in [1.29, 1.82) is 0 Å². The topological polar surface area (TPSA) is 37.4 Å². The molecule has 2 aromatic rings. The van der Waals surface area contributed by atoms with E-state index in [1.165, 1.54) is 35.9 Å². The summed E-state index contributed by atoms with van der Waals surface area (Å²) >= 11 is 7.47. The lowest BCUT2D eigenvalue weighted by Crippen LogP contribution is -2.32. The highest BCUT2D eigenvalue weighted by molar-refractivity contribution is 8.03. The number of amides is 2. The number of carbonyl (C=O) groups is 2. The Morgan fingerprint density at radius 2 is 1.50 bits per heavy atom. The van der Waals surface area contributed by atoms with Crippen molar-refractivity contribution in [1.82, 2.24) is 4.90 Å². The van der Waals surface area contributed by atoms with Gasteiger partial charge in [-0.25, -0.2) is 0 Å². The predicted octanol–water partition coefficient (Wildman–Crippen LogP) is 6.71. The van der Waals surface area contributed by atoms with Crippen molar-refractivity contribution in [3.05, 3.63) is 75.7 Å². The van der Waals surface area contributed by atoms with E-state index >= 15 is 0 Å². The first-order valence-electron chi connectivity index (χ1n) is 10.6. The summed E-state index contributed by atoms with van der Waals surface area (Å²) in [4.78, 5) is 28.3. The van der Waals surface area contributed by atoms with E-state index in [1.54, 1.807) is 12.1 Å². The Kier molecular flexibility index (Phi) is 8.59. The molecular weight excluding hydrogens is 414 g/mol. The molecule has 0 fully saturated rings. The highest BCUT2D eigenvalue weighted by atomic mass is 35.5. The zero-order valence-corrected chi connectivity index (χ0v) is 19.0. The average Bonchev–Trinajstić information content (AvgIpc) is 3.00. The van der Waals surface area contributed by atoms with Gasteiger partial charge >= 0.3 is 0 Å². The molecule has 0 aromatic heterocycles. The van der Waals surface area contributed by atoms with Crippen molar-refractivity contribution < 1.29 is 9.59 Å². The van der Waals surface area contributed by atoms with Crippen molar-refractivity contribution in [3.63, 3.8) is 0 Å². The van der Waals surface area contributed by atoms with Gasteiger partial charge in [-0.05, 0) is 29.7 Å². The third-order valence-electron chi connectivity index (χ3n) is 5.22. The van der Waals surface area contributed by atoms with Gasteiger partial charge in [-0.2, -0.15) is 0 Å². The van der Waals surface area contributed by atoms with E-state index < -0.39 is 0 Å². The maximum Gasteiger partial charge on any atom is 0.267 e. The fourth-order valence-corrected chi connectivity index (χ4v) is 4.75. The third kappa shape index (κ3) is 5.77. The van der Waals surface area contributed by atoms with E-state index in [0.29, 0.717) is 27.8 Å². The van der Waals surface area contributed by atoms with Crippen LogP contribution in [0.1, 0.15) is 56.6 Å². The highest BCUT2D eigenvalue weighted by Crippen LogP contribution is 2.38. The number of rotatable bonds is 11. The van der Waals surface area contributed by atoms with E-state index in [2.05, 4.69) is 6.92 Å². The number of hydrogen-bond donors (Lipinski definition) is 0. The molecule has 0 bridgehead atoms. The van der Waals surface area contributed by atoms with Gasteiger partial charge in [-0.1, -0.05) is 93.1 Å². The minimum Gasteiger partial charge on any atom is -0.274 e. The fourth-order valence-electron chi connectivity index (χ4n) is 3.54. The Balaban J connectivity index is 1.75. The van der Waals surface area contributed by atoms with Crippen LogP contribution in [0.2, 0.25) is 5.02 Å². The van der Waals surface area contributed by atoms with E-state index in [1.807, 2.05) is 42.5 Å². The lowest BCUT2D eigenvalue weighted by molar-refractivity contribution is -0.136. The smallest absolute Gasteiger partial charge is 0.267 e. The Morgan fingerprint density at radius 1 is 0.833 bits per heavy atom. The summed E-state index contributed by atoms with van der Waals surface area (Å²) in [6, 6.07) is 17.2. The van der Waals surface area contributed by atoms with Crippen LogP contribution in [0, 0.1) is 0 Å². The van der Waals surface area contributed by atoms with Crippen molar-refractivity contribution >= 4 is 40.8 Å². The van der Waals surface area contributed by atoms with Gasteiger partial charge in [-0.15, -0.1) is 11.8 Å². The van der Waals surface area contributed by atoms with Gasteiger partial charge in [-0.3, -0.25) is 14.5 Å². The first-order chi connectivity index (χ1) is 14.6. The van der Waals surface area contributed by atoms with Gasteiger partial charge in [0.15, 0.2) is 0 Å². The van der Waals surface area contributed by atoms with Gasteiger partial charge in [0, 0.05) is 17.3 Å². The Hall–Kier alpha value is -2.04. The Morgan fingerprint density at radius 3 is 2.20 bits per heavy atom. The number of hydrogen-bond acceptors (Lipinski definition) is 3. The first kappa shape index (κ1) is 22.6. The maximum absolute atomic E-state index is 13.2. The van der Waals surface area contributed by atoms with Crippen molar-refractivity contribution in [3.8, 4) is 0 Å². The largest absolute Gasteiger partial charge is 0.274 e. The molecule has 0 saturated heterocycles. The van der Waals surface area contributed by atoms with E-state index in [0.717, 1.165) is 30.4 Å². The second-order valence-electron chi connectivity index (χ2n) is 7.52. The number of carbonyl (C=O) groups excluding carboxylic acids is 2. The monoisotopic (exact) mass is 441 g/mol. The van der Waals surface area contributed by atoms with Crippen molar-refractivity contribution in [2.75, 3.05) is 6.54 Å². The van der Waals surface area contributed by atoms with Crippen LogP contribution < -0.4 is 0 Å². The van der Waals surface area contributed by atoms with Gasteiger partial charge in [0.05, 0.1) is 10.5 Å². The third-order valence-corrected chi connectivity index (χ3v) is 6.62. The molecule has 0 radical (unpaired) electrons. The van der Waals surface area contributed by atoms with Crippen LogP contribution in [-0.4, -0.2) is 23.3 Å². The summed E-state index contributed by atoms with van der Waals surface area (Å²) in [5.74, 6) is 0.294. The van der Waals surface area contributed by atoms with Gasteiger partial charge in [0.2, 0.25) is 0 Å². The van der Waals surface area contributed by atoms with Gasteiger partial charge < -0.3 is 0 Å². The van der Waals surface area contributed by atoms with Crippen LogP contribution >= 0.6 is 23.4 Å². The zero-order valence-electron chi connectivity index (χ0n) is 17.4. The average molecular weight is 442 g/mol. The van der Waals surface area contributed by atoms with Crippen LogP contribution in [0.5, 0.6) is 0 Å². The second kappa shape index (κ2) is 11.4. The minimum atomic E-state index is -0.188. The molecule has 1 aliphatic heterocycles. The van der Waals surface area contributed by atoms with Gasteiger partial charge in [0.1, 0.15) is 0 Å². The molecule has 3 rings (SSSR count). The molecule has 0 saturated carbocycles. The molecule has 2 aromatic carbocycles. The molecule has 0 atom stereocenters. The normalized spacial score (nSPS) is 14.1. The molecule has 3 nitrogen and oxygen atoms in total. The number of benzene rings is 2. The molecule has 0 spiro atoms. The molecule has 30 heavy (non-hydrogen) atoms. The number of unbranched alkanes of at least 4 members (excludes halogenated alkanes) is 5. The summed E-state index contributed by atoms with van der Waals surface area (Å²) in [6.45, 7) is 2.68. The number of nitrogens with zero attached hydrogens (tertiary/aromatic N) is 1. The molecule has 158 valence electrons. The fraction of sp³-hybridized carbons (Fsp3) is 0.360. The molecule has 0 unspecified atom stereocenters. The molecule has 0 aliphatic carbocycles. The lowest BCUT2D eigenvalue weighted by atomic mass is 10.1. The molecular formula is C25H28ClNO2S. The lowest BCUT2D eigenvalue weighted by Gasteiger charge is -2.15. The predicted molar refractivity (Wildman–Crippen MR) is 126 cm³/mol. The van der Waals surface area contributed by atoms with E-state index in [-0.39, 0.29) is 11.8 Å². The quantitative estimate of drug-likeness (QED) is 0.287. The molecule has 0 N–H and O–H groups in total. The number of thioether (sulfide) groups is 1. The highest BCUT2D eigenvalue weighted by Gasteiger charge is 2.38. The van der Waals surface area contributed by atoms with Gasteiger partial charge in [0.25, 0.3) is 11.8 Å². The SMILES string of the molecule is CCCCCCCCN1C(=O)C(SCc2ccccc2)=C(c2ccc(Cl)cc2)C1=O. The second-order valence-corrected chi connectivity index (χ2v) is 8.94. The van der Waals surface area contributed by atoms with Crippen LogP contribution in [0.15, 0.2) is 59.5 Å². The van der Waals surface area contributed by atoms with Crippen molar-refractivity contribution in [2.24, 2.45) is 0 Å². The number of imide groups is 1. The van der Waals surface area contributed by atoms with Crippen LogP contribution in [-0.2, 0) is 15.3 Å². The maximum atomic E-state index is 13.2. The van der Waals surface area contributed by atoms with E-state index in [9.17, 15) is 9.59 Å².